The van der Waals surface area contributed by atoms with Crippen molar-refractivity contribution in [3.05, 3.63) is 89.2 Å². The number of benzene rings is 1. The Kier molecular flexibility index (Phi) is 4.69. The predicted octanol–water partition coefficient (Wildman–Crippen LogP) is 3.64. The zero-order chi connectivity index (χ0) is 16.1. The fraction of sp³-hybridized carbons (Fsp3) is 0.111. The average molecular weight is 370 g/mol. The number of rotatable bonds is 5. The minimum Gasteiger partial charge on any atom is -0.379 e. The molecule has 0 bridgehead atoms. The van der Waals surface area contributed by atoms with E-state index in [9.17, 15) is 5.11 Å². The van der Waals surface area contributed by atoms with Crippen molar-refractivity contribution in [3.63, 3.8) is 0 Å². The van der Waals surface area contributed by atoms with E-state index in [1.54, 1.807) is 24.9 Å². The van der Waals surface area contributed by atoms with Crippen LogP contribution in [0.3, 0.4) is 0 Å². The van der Waals surface area contributed by atoms with Crippen molar-refractivity contribution in [2.24, 2.45) is 0 Å². The summed E-state index contributed by atoms with van der Waals surface area (Å²) in [6, 6.07) is 11.6. The highest BCUT2D eigenvalue weighted by atomic mass is 79.9. The summed E-state index contributed by atoms with van der Waals surface area (Å²) in [5, 5.41) is 11.2. The Bertz CT molecular complexity index is 770. The van der Waals surface area contributed by atoms with E-state index >= 15 is 0 Å². The minimum absolute atomic E-state index is 0.379. The van der Waals surface area contributed by atoms with E-state index in [1.807, 2.05) is 59.3 Å². The monoisotopic (exact) mass is 369 g/mol. The molecule has 0 fully saturated rings. The molecule has 0 radical (unpaired) electrons. The molecule has 0 amide bonds. The summed E-state index contributed by atoms with van der Waals surface area (Å²) in [4.78, 5) is 8.06. The molecular weight excluding hydrogens is 354 g/mol. The van der Waals surface area contributed by atoms with Crippen LogP contribution in [0.2, 0.25) is 0 Å². The van der Waals surface area contributed by atoms with Gasteiger partial charge in [0.15, 0.2) is 0 Å². The van der Waals surface area contributed by atoms with E-state index in [0.29, 0.717) is 6.54 Å². The molecule has 23 heavy (non-hydrogen) atoms. The maximum atomic E-state index is 11.2. The van der Waals surface area contributed by atoms with Gasteiger partial charge in [0.05, 0.1) is 12.9 Å². The molecule has 116 valence electrons. The Morgan fingerprint density at radius 1 is 1.04 bits per heavy atom. The molecule has 1 N–H and O–H groups in total. The van der Waals surface area contributed by atoms with Crippen LogP contribution in [0, 0.1) is 0 Å². The van der Waals surface area contributed by atoms with Crippen LogP contribution in [0.1, 0.15) is 11.1 Å². The smallest absolute Gasteiger partial charge is 0.126 e. The van der Waals surface area contributed by atoms with Crippen molar-refractivity contribution < 1.29 is 5.11 Å². The fourth-order valence-corrected chi connectivity index (χ4v) is 2.61. The molecule has 2 heterocycles. The summed E-state index contributed by atoms with van der Waals surface area (Å²) in [6.07, 6.45) is 12.3. The number of pyridine rings is 1. The van der Waals surface area contributed by atoms with Gasteiger partial charge in [-0.2, -0.15) is 0 Å². The van der Waals surface area contributed by atoms with Crippen LogP contribution in [0.25, 0.3) is 6.08 Å². The third-order valence-electron chi connectivity index (χ3n) is 3.58. The molecular formula is C18H16BrN3O. The van der Waals surface area contributed by atoms with Crippen LogP contribution in [0.15, 0.2) is 78.1 Å². The quantitative estimate of drug-likeness (QED) is 0.746. The first-order valence-corrected chi connectivity index (χ1v) is 7.98. The molecule has 0 aliphatic carbocycles. The van der Waals surface area contributed by atoms with Gasteiger partial charge in [0.1, 0.15) is 5.60 Å². The summed E-state index contributed by atoms with van der Waals surface area (Å²) in [6.45, 7) is 0.379. The molecule has 0 spiro atoms. The van der Waals surface area contributed by atoms with Gasteiger partial charge in [0.25, 0.3) is 0 Å². The standard InChI is InChI=1S/C18H16BrN3O/c19-17-3-1-15(2-4-17)5-8-18(23,13-22-12-11-21-14-22)16-6-9-20-10-7-16/h1-12,14,23H,13H2/b8-5+/t18-/m0/s1. The second kappa shape index (κ2) is 6.89. The van der Waals surface area contributed by atoms with E-state index < -0.39 is 5.60 Å². The SMILES string of the molecule is O[C@@](/C=C/c1ccc(Br)cc1)(Cn1ccnc1)c1ccncc1. The highest BCUT2D eigenvalue weighted by Gasteiger charge is 2.26. The zero-order valence-corrected chi connectivity index (χ0v) is 14.0. The molecule has 1 aromatic carbocycles. The van der Waals surface area contributed by atoms with Gasteiger partial charge < -0.3 is 9.67 Å². The third-order valence-corrected chi connectivity index (χ3v) is 4.11. The average Bonchev–Trinajstić information content (AvgIpc) is 3.08. The van der Waals surface area contributed by atoms with Crippen molar-refractivity contribution in [2.45, 2.75) is 12.1 Å². The number of aromatic nitrogens is 3. The van der Waals surface area contributed by atoms with Gasteiger partial charge in [0.2, 0.25) is 0 Å². The minimum atomic E-state index is -1.14. The summed E-state index contributed by atoms with van der Waals surface area (Å²) < 4.78 is 2.88. The Morgan fingerprint density at radius 2 is 1.78 bits per heavy atom. The number of aliphatic hydroxyl groups is 1. The summed E-state index contributed by atoms with van der Waals surface area (Å²) in [5.74, 6) is 0. The lowest BCUT2D eigenvalue weighted by Crippen LogP contribution is -2.28. The number of hydrogen-bond acceptors (Lipinski definition) is 3. The van der Waals surface area contributed by atoms with Crippen molar-refractivity contribution in [1.82, 2.24) is 14.5 Å². The molecule has 1 atom stereocenters. The van der Waals surface area contributed by atoms with E-state index in [4.69, 9.17) is 0 Å². The van der Waals surface area contributed by atoms with Crippen LogP contribution in [0.5, 0.6) is 0 Å². The number of halogens is 1. The Morgan fingerprint density at radius 3 is 2.43 bits per heavy atom. The first kappa shape index (κ1) is 15.6. The van der Waals surface area contributed by atoms with Crippen molar-refractivity contribution in [1.29, 1.82) is 0 Å². The van der Waals surface area contributed by atoms with Gasteiger partial charge in [-0.3, -0.25) is 4.98 Å². The first-order valence-electron chi connectivity index (χ1n) is 7.19. The summed E-state index contributed by atoms with van der Waals surface area (Å²) in [5.41, 5.74) is 0.664. The largest absolute Gasteiger partial charge is 0.379 e. The molecule has 0 unspecified atom stereocenters. The Labute approximate surface area is 143 Å². The lowest BCUT2D eigenvalue weighted by atomic mass is 9.93. The van der Waals surface area contributed by atoms with Crippen molar-refractivity contribution in [2.75, 3.05) is 0 Å². The zero-order valence-electron chi connectivity index (χ0n) is 12.4. The van der Waals surface area contributed by atoms with Crippen LogP contribution >= 0.6 is 15.9 Å². The molecule has 0 aliphatic heterocycles. The van der Waals surface area contributed by atoms with Crippen LogP contribution in [-0.4, -0.2) is 19.6 Å². The Balaban J connectivity index is 1.93. The molecule has 0 saturated carbocycles. The van der Waals surface area contributed by atoms with Gasteiger partial charge in [-0.05, 0) is 41.5 Å². The Hall–Kier alpha value is -2.24. The van der Waals surface area contributed by atoms with Crippen LogP contribution in [0.4, 0.5) is 0 Å². The molecule has 0 aliphatic rings. The second-order valence-corrected chi connectivity index (χ2v) is 6.20. The lowest BCUT2D eigenvalue weighted by Gasteiger charge is -2.25. The van der Waals surface area contributed by atoms with E-state index in [2.05, 4.69) is 25.9 Å². The normalized spacial score (nSPS) is 14.0. The first-order chi connectivity index (χ1) is 11.2. The molecule has 3 aromatic rings. The molecule has 3 rings (SSSR count). The maximum absolute atomic E-state index is 11.2. The predicted molar refractivity (Wildman–Crippen MR) is 93.5 cm³/mol. The molecule has 0 saturated heterocycles. The van der Waals surface area contributed by atoms with E-state index in [1.165, 1.54) is 0 Å². The molecule has 2 aromatic heterocycles. The summed E-state index contributed by atoms with van der Waals surface area (Å²) in [7, 11) is 0. The van der Waals surface area contributed by atoms with Gasteiger partial charge in [-0.15, -0.1) is 0 Å². The molecule has 4 nitrogen and oxygen atoms in total. The number of hydrogen-bond donors (Lipinski definition) is 1. The third kappa shape index (κ3) is 3.94. The number of imidazole rings is 1. The topological polar surface area (TPSA) is 50.9 Å². The summed E-state index contributed by atoms with van der Waals surface area (Å²) >= 11 is 3.42. The maximum Gasteiger partial charge on any atom is 0.126 e. The second-order valence-electron chi connectivity index (χ2n) is 5.28. The van der Waals surface area contributed by atoms with Crippen molar-refractivity contribution in [3.8, 4) is 0 Å². The van der Waals surface area contributed by atoms with Crippen LogP contribution < -0.4 is 0 Å². The lowest BCUT2D eigenvalue weighted by molar-refractivity contribution is 0.0703. The van der Waals surface area contributed by atoms with Gasteiger partial charge in [0, 0.05) is 29.3 Å². The highest BCUT2D eigenvalue weighted by molar-refractivity contribution is 9.10. The van der Waals surface area contributed by atoms with Gasteiger partial charge >= 0.3 is 0 Å². The highest BCUT2D eigenvalue weighted by Crippen LogP contribution is 2.26. The number of nitrogens with zero attached hydrogens (tertiary/aromatic N) is 3. The van der Waals surface area contributed by atoms with Gasteiger partial charge in [-0.25, -0.2) is 4.98 Å². The van der Waals surface area contributed by atoms with Gasteiger partial charge in [-0.1, -0.05) is 34.1 Å². The van der Waals surface area contributed by atoms with E-state index in [0.717, 1.165) is 15.6 Å². The fourth-order valence-electron chi connectivity index (χ4n) is 2.35. The van der Waals surface area contributed by atoms with E-state index in [-0.39, 0.29) is 0 Å². The van der Waals surface area contributed by atoms with Crippen molar-refractivity contribution >= 4 is 22.0 Å². The molecule has 5 heteroatoms. The van der Waals surface area contributed by atoms with Crippen LogP contribution in [-0.2, 0) is 12.1 Å².